The number of hydrogen-bond acceptors (Lipinski definition) is 5. The van der Waals surface area contributed by atoms with E-state index in [1.807, 2.05) is 0 Å². The maximum atomic E-state index is 12.8. The molecule has 0 amide bonds. The van der Waals surface area contributed by atoms with Crippen LogP contribution in [0.1, 0.15) is 304 Å². The van der Waals surface area contributed by atoms with Crippen LogP contribution in [-0.4, -0.2) is 35.9 Å². The summed E-state index contributed by atoms with van der Waals surface area (Å²) in [6.07, 6.45) is 51.0. The molecule has 0 aliphatic carbocycles. The van der Waals surface area contributed by atoms with Gasteiger partial charge in [0.25, 0.3) is 0 Å². The van der Waals surface area contributed by atoms with Gasteiger partial charge in [0, 0.05) is 19.4 Å². The monoisotopic (exact) mass is 821 g/mol. The fraction of sp³-hybridized carbons (Fsp3) is 0.962. The molecule has 0 saturated carbocycles. The van der Waals surface area contributed by atoms with Crippen LogP contribution >= 0.6 is 0 Å². The van der Waals surface area contributed by atoms with Crippen LogP contribution in [0.5, 0.6) is 0 Å². The van der Waals surface area contributed by atoms with E-state index in [9.17, 15) is 14.7 Å². The second kappa shape index (κ2) is 47.0. The van der Waals surface area contributed by atoms with Crippen molar-refractivity contribution in [2.45, 2.75) is 316 Å². The molecule has 0 bridgehead atoms. The Kier molecular flexibility index (Phi) is 46.1. The first kappa shape index (κ1) is 56.9. The summed E-state index contributed by atoms with van der Waals surface area (Å²) in [6, 6.07) is 0. The number of carbonyl (C=O) groups excluding carboxylic acids is 2. The van der Waals surface area contributed by atoms with Gasteiger partial charge in [0.05, 0.1) is 0 Å². The van der Waals surface area contributed by atoms with Crippen LogP contribution in [0.15, 0.2) is 0 Å². The highest BCUT2D eigenvalue weighted by molar-refractivity contribution is 5.69. The van der Waals surface area contributed by atoms with Gasteiger partial charge in [0.2, 0.25) is 0 Å². The number of rotatable bonds is 48. The third-order valence-corrected chi connectivity index (χ3v) is 12.6. The van der Waals surface area contributed by atoms with Gasteiger partial charge in [-0.3, -0.25) is 9.59 Å². The fourth-order valence-electron chi connectivity index (χ4n) is 8.70. The Balaban J connectivity index is 4.21. The minimum atomic E-state index is 0.0242. The van der Waals surface area contributed by atoms with Gasteiger partial charge in [-0.25, -0.2) is 0 Å². The van der Waals surface area contributed by atoms with Crippen molar-refractivity contribution in [3.8, 4) is 0 Å². The second-order valence-electron chi connectivity index (χ2n) is 18.4. The summed E-state index contributed by atoms with van der Waals surface area (Å²) in [6.45, 7) is 9.35. The van der Waals surface area contributed by atoms with Crippen molar-refractivity contribution in [1.82, 2.24) is 0 Å². The van der Waals surface area contributed by atoms with Crippen molar-refractivity contribution in [1.29, 1.82) is 0 Å². The summed E-state index contributed by atoms with van der Waals surface area (Å²) < 4.78 is 12.1. The van der Waals surface area contributed by atoms with Gasteiger partial charge in [-0.1, -0.05) is 220 Å². The topological polar surface area (TPSA) is 72.8 Å². The predicted octanol–water partition coefficient (Wildman–Crippen LogP) is 17.3. The molecule has 0 heterocycles. The van der Waals surface area contributed by atoms with Crippen LogP contribution in [0.25, 0.3) is 0 Å². The molecule has 0 aliphatic heterocycles. The molecule has 0 aromatic carbocycles. The quantitative estimate of drug-likeness (QED) is 0.0489. The minimum Gasteiger partial charge on any atom is -0.462 e. The zero-order valence-corrected chi connectivity index (χ0v) is 39.9. The fourth-order valence-corrected chi connectivity index (χ4v) is 8.70. The van der Waals surface area contributed by atoms with Gasteiger partial charge in [-0.05, 0) is 76.5 Å². The zero-order valence-electron chi connectivity index (χ0n) is 39.9. The standard InChI is InChI=1S/C53H104O5/c1-5-9-13-17-25-33-41-50(42-34-26-18-14-10-6-2)57-52(55)45-37-29-21-23-31-39-49(47-48-54)40-32-24-22-30-38-46-53(56)58-51(43-35-27-19-15-11-7-3)44-36-28-20-16-12-8-4/h49-51,54H,5-48H2,1-4H3. The first-order valence-corrected chi connectivity index (χ1v) is 26.5. The van der Waals surface area contributed by atoms with Crippen LogP contribution < -0.4 is 0 Å². The molecule has 0 aromatic heterocycles. The predicted molar refractivity (Wildman–Crippen MR) is 252 cm³/mol. The summed E-state index contributed by atoms with van der Waals surface area (Å²) in [5.74, 6) is 0.660. The van der Waals surface area contributed by atoms with Gasteiger partial charge in [0.1, 0.15) is 12.2 Å². The van der Waals surface area contributed by atoms with E-state index in [-0.39, 0.29) is 30.8 Å². The molecule has 0 fully saturated rings. The van der Waals surface area contributed by atoms with Crippen LogP contribution in [0.4, 0.5) is 0 Å². The van der Waals surface area contributed by atoms with Crippen LogP contribution in [0.2, 0.25) is 0 Å². The van der Waals surface area contributed by atoms with Crippen molar-refractivity contribution in [3.63, 3.8) is 0 Å². The van der Waals surface area contributed by atoms with Crippen LogP contribution in [-0.2, 0) is 19.1 Å². The molecule has 1 N–H and O–H groups in total. The SMILES string of the molecule is CCCCCCCCC(CCCCCCCC)OC(=O)CCCCCCCC(CCO)CCCCCCCC(=O)OC(CCCCCCCC)CCCCCCCC. The van der Waals surface area contributed by atoms with Crippen molar-refractivity contribution in [3.05, 3.63) is 0 Å². The van der Waals surface area contributed by atoms with E-state index in [2.05, 4.69) is 27.7 Å². The molecule has 0 atom stereocenters. The van der Waals surface area contributed by atoms with Gasteiger partial charge in [-0.2, -0.15) is 0 Å². The molecular weight excluding hydrogens is 717 g/mol. The van der Waals surface area contributed by atoms with Crippen LogP contribution in [0, 0.1) is 5.92 Å². The lowest BCUT2D eigenvalue weighted by molar-refractivity contribution is -0.151. The molecule has 0 radical (unpaired) electrons. The lowest BCUT2D eigenvalue weighted by Crippen LogP contribution is -2.18. The molecule has 0 spiro atoms. The first-order chi connectivity index (χ1) is 28.5. The van der Waals surface area contributed by atoms with E-state index in [0.29, 0.717) is 18.8 Å². The summed E-state index contributed by atoms with van der Waals surface area (Å²) in [5.41, 5.74) is 0. The van der Waals surface area contributed by atoms with Gasteiger partial charge in [-0.15, -0.1) is 0 Å². The highest BCUT2D eigenvalue weighted by Gasteiger charge is 2.16. The normalized spacial score (nSPS) is 11.7. The van der Waals surface area contributed by atoms with Gasteiger partial charge in [0.15, 0.2) is 0 Å². The highest BCUT2D eigenvalue weighted by Crippen LogP contribution is 2.23. The molecule has 0 aromatic rings. The minimum absolute atomic E-state index is 0.0242. The third-order valence-electron chi connectivity index (χ3n) is 12.6. The molecule has 0 aliphatic rings. The summed E-state index contributed by atoms with van der Waals surface area (Å²) in [5, 5.41) is 9.69. The molecule has 0 unspecified atom stereocenters. The maximum Gasteiger partial charge on any atom is 0.306 e. The Hall–Kier alpha value is -1.10. The lowest BCUT2D eigenvalue weighted by atomic mass is 9.92. The number of aliphatic hydroxyl groups is 1. The Morgan fingerprint density at radius 2 is 0.569 bits per heavy atom. The molecule has 0 rings (SSSR count). The molecule has 58 heavy (non-hydrogen) atoms. The highest BCUT2D eigenvalue weighted by atomic mass is 16.5. The van der Waals surface area contributed by atoms with Crippen LogP contribution in [0.3, 0.4) is 0 Å². The number of carbonyl (C=O) groups is 2. The molecule has 0 saturated heterocycles. The maximum absolute atomic E-state index is 12.8. The van der Waals surface area contributed by atoms with Crippen molar-refractivity contribution < 1.29 is 24.2 Å². The van der Waals surface area contributed by atoms with Crippen molar-refractivity contribution in [2.24, 2.45) is 5.92 Å². The number of esters is 2. The second-order valence-corrected chi connectivity index (χ2v) is 18.4. The van der Waals surface area contributed by atoms with E-state index in [0.717, 1.165) is 57.8 Å². The average Bonchev–Trinajstić information content (AvgIpc) is 3.21. The Morgan fingerprint density at radius 3 is 0.845 bits per heavy atom. The zero-order chi connectivity index (χ0) is 42.4. The van der Waals surface area contributed by atoms with Gasteiger partial charge < -0.3 is 14.6 Å². The largest absolute Gasteiger partial charge is 0.462 e. The Labute approximate surface area is 363 Å². The third kappa shape index (κ3) is 41.6. The van der Waals surface area contributed by atoms with Crippen molar-refractivity contribution >= 4 is 11.9 Å². The summed E-state index contributed by atoms with van der Waals surface area (Å²) in [7, 11) is 0. The molecule has 346 valence electrons. The number of aliphatic hydroxyl groups excluding tert-OH is 1. The Morgan fingerprint density at radius 1 is 0.328 bits per heavy atom. The average molecular weight is 821 g/mol. The van der Waals surface area contributed by atoms with E-state index in [1.165, 1.54) is 205 Å². The van der Waals surface area contributed by atoms with E-state index < -0.39 is 0 Å². The van der Waals surface area contributed by atoms with Gasteiger partial charge >= 0.3 is 11.9 Å². The van der Waals surface area contributed by atoms with E-state index >= 15 is 0 Å². The lowest BCUT2D eigenvalue weighted by Gasteiger charge is -2.18. The summed E-state index contributed by atoms with van der Waals surface area (Å²) in [4.78, 5) is 25.5. The first-order valence-electron chi connectivity index (χ1n) is 26.5. The number of ether oxygens (including phenoxy) is 2. The number of hydrogen-bond donors (Lipinski definition) is 1. The van der Waals surface area contributed by atoms with E-state index in [4.69, 9.17) is 9.47 Å². The summed E-state index contributed by atoms with van der Waals surface area (Å²) >= 11 is 0. The van der Waals surface area contributed by atoms with Crippen molar-refractivity contribution in [2.75, 3.05) is 6.61 Å². The molecular formula is C53H104O5. The molecule has 5 nitrogen and oxygen atoms in total. The van der Waals surface area contributed by atoms with E-state index in [1.54, 1.807) is 0 Å². The Bertz CT molecular complexity index is 733. The smallest absolute Gasteiger partial charge is 0.306 e. The molecule has 5 heteroatoms. The number of unbranched alkanes of at least 4 members (excludes halogenated alkanes) is 28.